The van der Waals surface area contributed by atoms with Gasteiger partial charge in [0.25, 0.3) is 0 Å². The summed E-state index contributed by atoms with van der Waals surface area (Å²) < 4.78 is 7.81. The minimum atomic E-state index is 0.436. The van der Waals surface area contributed by atoms with Gasteiger partial charge in [-0.15, -0.1) is 0 Å². The van der Waals surface area contributed by atoms with E-state index in [2.05, 4.69) is 16.5 Å². The van der Waals surface area contributed by atoms with E-state index in [9.17, 15) is 0 Å². The summed E-state index contributed by atoms with van der Waals surface area (Å²) in [5, 5.41) is 7.82. The van der Waals surface area contributed by atoms with Crippen LogP contribution in [0.3, 0.4) is 0 Å². The number of nitrogens with zero attached hydrogens (tertiary/aromatic N) is 2. The topological polar surface area (TPSA) is 39.1 Å². The lowest BCUT2D eigenvalue weighted by Gasteiger charge is -2.26. The molecule has 0 radical (unpaired) electrons. The van der Waals surface area contributed by atoms with E-state index in [1.807, 2.05) is 25.7 Å². The van der Waals surface area contributed by atoms with Crippen LogP contribution >= 0.6 is 0 Å². The molecule has 0 aliphatic carbocycles. The van der Waals surface area contributed by atoms with Crippen LogP contribution in [0, 0.1) is 6.92 Å². The van der Waals surface area contributed by atoms with Gasteiger partial charge in [0.15, 0.2) is 0 Å². The van der Waals surface area contributed by atoms with E-state index < -0.39 is 0 Å². The first-order valence-electron chi connectivity index (χ1n) is 6.97. The van der Waals surface area contributed by atoms with E-state index in [1.165, 1.54) is 25.0 Å². The molecule has 0 bridgehead atoms. The summed E-state index contributed by atoms with van der Waals surface area (Å²) in [6.07, 6.45) is 6.30. The predicted molar refractivity (Wildman–Crippen MR) is 72.7 cm³/mol. The van der Waals surface area contributed by atoms with E-state index in [-0.39, 0.29) is 0 Å². The van der Waals surface area contributed by atoms with Crippen LogP contribution in [0.4, 0.5) is 0 Å². The van der Waals surface area contributed by atoms with Crippen molar-refractivity contribution in [2.75, 3.05) is 13.7 Å². The van der Waals surface area contributed by atoms with Crippen molar-refractivity contribution in [1.82, 2.24) is 15.1 Å². The molecule has 0 aromatic carbocycles. The van der Waals surface area contributed by atoms with Gasteiger partial charge in [0.05, 0.1) is 11.8 Å². The van der Waals surface area contributed by atoms with E-state index in [4.69, 9.17) is 4.74 Å². The molecule has 1 aliphatic heterocycles. The number of nitrogens with one attached hydrogen (secondary N) is 1. The third-order valence-corrected chi connectivity index (χ3v) is 3.78. The Morgan fingerprint density at radius 3 is 2.94 bits per heavy atom. The molecule has 18 heavy (non-hydrogen) atoms. The number of aryl methyl sites for hydroxylation is 2. The highest BCUT2D eigenvalue weighted by Crippen LogP contribution is 2.18. The van der Waals surface area contributed by atoms with Crippen molar-refractivity contribution < 1.29 is 4.74 Å². The molecule has 1 aromatic rings. The molecule has 102 valence electrons. The zero-order valence-corrected chi connectivity index (χ0v) is 11.8. The summed E-state index contributed by atoms with van der Waals surface area (Å²) >= 11 is 0. The maximum Gasteiger partial charge on any atom is 0.0596 e. The summed E-state index contributed by atoms with van der Waals surface area (Å²) in [6, 6.07) is 2.65. The van der Waals surface area contributed by atoms with Gasteiger partial charge in [0, 0.05) is 31.8 Å². The van der Waals surface area contributed by atoms with Crippen LogP contribution < -0.4 is 5.32 Å². The summed E-state index contributed by atoms with van der Waals surface area (Å²) in [5.74, 6) is 0. The Morgan fingerprint density at radius 2 is 2.39 bits per heavy atom. The van der Waals surface area contributed by atoms with Crippen LogP contribution in [-0.4, -0.2) is 35.6 Å². The lowest BCUT2D eigenvalue weighted by molar-refractivity contribution is 0.00559. The van der Waals surface area contributed by atoms with Gasteiger partial charge in [0.1, 0.15) is 0 Å². The molecule has 2 unspecified atom stereocenters. The zero-order valence-electron chi connectivity index (χ0n) is 11.8. The van der Waals surface area contributed by atoms with Crippen molar-refractivity contribution in [3.05, 3.63) is 17.5 Å². The first-order chi connectivity index (χ1) is 8.69. The Labute approximate surface area is 110 Å². The third-order valence-electron chi connectivity index (χ3n) is 3.78. The standard InChI is InChI=1S/C14H25N3O/c1-11-8-13(17(3)16-11)9-12(15-2)10-14-6-4-5-7-18-14/h8,12,14-15H,4-7,9-10H2,1-3H3. The fourth-order valence-corrected chi connectivity index (χ4v) is 2.72. The summed E-state index contributed by atoms with van der Waals surface area (Å²) in [4.78, 5) is 0. The van der Waals surface area contributed by atoms with Crippen molar-refractivity contribution >= 4 is 0 Å². The fraction of sp³-hybridized carbons (Fsp3) is 0.786. The van der Waals surface area contributed by atoms with Crippen LogP contribution in [0.1, 0.15) is 37.1 Å². The second-order valence-electron chi connectivity index (χ2n) is 5.31. The molecule has 1 aromatic heterocycles. The molecule has 1 fully saturated rings. The van der Waals surface area contributed by atoms with Crippen LogP contribution in [-0.2, 0) is 18.2 Å². The van der Waals surface area contributed by atoms with Crippen molar-refractivity contribution in [3.8, 4) is 0 Å². The average molecular weight is 251 g/mol. The molecule has 4 nitrogen and oxygen atoms in total. The maximum absolute atomic E-state index is 5.82. The van der Waals surface area contributed by atoms with Gasteiger partial charge >= 0.3 is 0 Å². The van der Waals surface area contributed by atoms with Gasteiger partial charge in [-0.3, -0.25) is 4.68 Å². The highest BCUT2D eigenvalue weighted by Gasteiger charge is 2.19. The average Bonchev–Trinajstić information content (AvgIpc) is 2.68. The number of likely N-dealkylation sites (N-methyl/N-ethyl adjacent to an activating group) is 1. The predicted octanol–water partition coefficient (Wildman–Crippen LogP) is 1.82. The quantitative estimate of drug-likeness (QED) is 0.867. The van der Waals surface area contributed by atoms with Gasteiger partial charge < -0.3 is 10.1 Å². The molecular weight excluding hydrogens is 226 g/mol. The maximum atomic E-state index is 5.82. The van der Waals surface area contributed by atoms with Gasteiger partial charge in [-0.1, -0.05) is 0 Å². The number of aromatic nitrogens is 2. The molecule has 1 N–H and O–H groups in total. The summed E-state index contributed by atoms with van der Waals surface area (Å²) in [7, 11) is 4.06. The number of ether oxygens (including phenoxy) is 1. The minimum absolute atomic E-state index is 0.436. The van der Waals surface area contributed by atoms with Crippen LogP contribution in [0.25, 0.3) is 0 Å². The third kappa shape index (κ3) is 3.56. The largest absolute Gasteiger partial charge is 0.378 e. The first-order valence-corrected chi connectivity index (χ1v) is 6.97. The number of hydrogen-bond donors (Lipinski definition) is 1. The molecular formula is C14H25N3O. The van der Waals surface area contributed by atoms with E-state index in [1.54, 1.807) is 0 Å². The molecule has 0 spiro atoms. The van der Waals surface area contributed by atoms with Crippen molar-refractivity contribution in [2.24, 2.45) is 7.05 Å². The highest BCUT2D eigenvalue weighted by molar-refractivity contribution is 5.10. The fourth-order valence-electron chi connectivity index (χ4n) is 2.72. The van der Waals surface area contributed by atoms with Gasteiger partial charge in [0.2, 0.25) is 0 Å². The monoisotopic (exact) mass is 251 g/mol. The lowest BCUT2D eigenvalue weighted by atomic mass is 9.99. The Balaban J connectivity index is 1.90. The Kier molecular flexibility index (Phi) is 4.78. The van der Waals surface area contributed by atoms with E-state index >= 15 is 0 Å². The molecule has 0 saturated carbocycles. The smallest absolute Gasteiger partial charge is 0.0596 e. The molecule has 2 rings (SSSR count). The lowest BCUT2D eigenvalue weighted by Crippen LogP contribution is -2.34. The van der Waals surface area contributed by atoms with E-state index in [0.717, 1.165) is 25.1 Å². The highest BCUT2D eigenvalue weighted by atomic mass is 16.5. The second-order valence-corrected chi connectivity index (χ2v) is 5.31. The zero-order chi connectivity index (χ0) is 13.0. The van der Waals surface area contributed by atoms with Crippen LogP contribution in [0.2, 0.25) is 0 Å². The van der Waals surface area contributed by atoms with E-state index in [0.29, 0.717) is 12.1 Å². The molecule has 0 amide bonds. The van der Waals surface area contributed by atoms with Crippen LogP contribution in [0.5, 0.6) is 0 Å². The minimum Gasteiger partial charge on any atom is -0.378 e. The Hall–Kier alpha value is -0.870. The van der Waals surface area contributed by atoms with Crippen molar-refractivity contribution in [3.63, 3.8) is 0 Å². The van der Waals surface area contributed by atoms with Gasteiger partial charge in [-0.2, -0.15) is 5.10 Å². The van der Waals surface area contributed by atoms with Gasteiger partial charge in [-0.05, 0) is 45.7 Å². The summed E-state index contributed by atoms with van der Waals surface area (Å²) in [5.41, 5.74) is 2.39. The number of rotatable bonds is 5. The van der Waals surface area contributed by atoms with Crippen molar-refractivity contribution in [1.29, 1.82) is 0 Å². The molecule has 1 saturated heterocycles. The molecule has 4 heteroatoms. The first kappa shape index (κ1) is 13.6. The molecule has 2 atom stereocenters. The van der Waals surface area contributed by atoms with Crippen molar-refractivity contribution in [2.45, 2.75) is 51.2 Å². The molecule has 2 heterocycles. The normalized spacial score (nSPS) is 22.1. The van der Waals surface area contributed by atoms with Gasteiger partial charge in [-0.25, -0.2) is 0 Å². The number of hydrogen-bond acceptors (Lipinski definition) is 3. The SMILES string of the molecule is CNC(Cc1cc(C)nn1C)CC1CCCCO1. The Bertz CT molecular complexity index is 369. The second kappa shape index (κ2) is 6.34. The summed E-state index contributed by atoms with van der Waals surface area (Å²) in [6.45, 7) is 2.98. The van der Waals surface area contributed by atoms with Crippen LogP contribution in [0.15, 0.2) is 6.07 Å². The molecule has 1 aliphatic rings. The Morgan fingerprint density at radius 1 is 1.56 bits per heavy atom.